The number of benzene rings is 1. The van der Waals surface area contributed by atoms with E-state index in [0.29, 0.717) is 6.54 Å². The van der Waals surface area contributed by atoms with Crippen LogP contribution in [0.5, 0.6) is 0 Å². The number of carboxylic acid groups (broad SMARTS) is 1. The van der Waals surface area contributed by atoms with Crippen LogP contribution in [0.2, 0.25) is 0 Å². The van der Waals surface area contributed by atoms with E-state index in [1.807, 2.05) is 30.3 Å². The molecule has 1 amide bonds. The average molecular weight is 273 g/mol. The average Bonchev–Trinajstić information content (AvgIpc) is 3.06. The number of carbonyl (C=O) groups excluding carboxylic acids is 1. The Hall–Kier alpha value is -2.14. The van der Waals surface area contributed by atoms with Gasteiger partial charge in [-0.3, -0.25) is 9.59 Å². The number of rotatable bonds is 4. The van der Waals surface area contributed by atoms with Crippen LogP contribution in [0.1, 0.15) is 5.56 Å². The van der Waals surface area contributed by atoms with Crippen molar-refractivity contribution < 1.29 is 19.4 Å². The first-order valence-electron chi connectivity index (χ1n) is 6.55. The fraction of sp³-hybridized carbons (Fsp3) is 0.333. The van der Waals surface area contributed by atoms with Gasteiger partial charge in [0.05, 0.1) is 18.1 Å². The molecule has 2 aliphatic rings. The van der Waals surface area contributed by atoms with Crippen LogP contribution in [-0.2, 0) is 20.9 Å². The molecule has 2 N–H and O–H groups in total. The molecule has 3 rings (SSSR count). The second-order valence-corrected chi connectivity index (χ2v) is 5.04. The molecule has 20 heavy (non-hydrogen) atoms. The zero-order valence-electron chi connectivity index (χ0n) is 10.7. The van der Waals surface area contributed by atoms with Crippen LogP contribution in [0, 0.1) is 11.8 Å². The Balaban J connectivity index is 1.68. The van der Waals surface area contributed by atoms with Crippen molar-refractivity contribution in [1.82, 2.24) is 5.32 Å². The number of amides is 1. The molecule has 2 heterocycles. The van der Waals surface area contributed by atoms with E-state index in [0.717, 1.165) is 5.56 Å². The number of aliphatic carboxylic acids is 1. The van der Waals surface area contributed by atoms with Gasteiger partial charge in [0.1, 0.15) is 5.92 Å². The molecular weight excluding hydrogens is 258 g/mol. The van der Waals surface area contributed by atoms with E-state index >= 15 is 0 Å². The Bertz CT molecular complexity index is 554. The topological polar surface area (TPSA) is 75.6 Å². The van der Waals surface area contributed by atoms with Crippen molar-refractivity contribution in [3.05, 3.63) is 48.0 Å². The van der Waals surface area contributed by atoms with Crippen LogP contribution in [0.4, 0.5) is 0 Å². The van der Waals surface area contributed by atoms with Gasteiger partial charge in [-0.25, -0.2) is 0 Å². The van der Waals surface area contributed by atoms with Gasteiger partial charge in [0.25, 0.3) is 0 Å². The minimum absolute atomic E-state index is 0.266. The van der Waals surface area contributed by atoms with Gasteiger partial charge in [-0.15, -0.1) is 0 Å². The summed E-state index contributed by atoms with van der Waals surface area (Å²) in [5.74, 6) is -2.69. The maximum Gasteiger partial charge on any atom is 0.310 e. The molecule has 1 fully saturated rings. The summed E-state index contributed by atoms with van der Waals surface area (Å²) < 4.78 is 5.48. The first-order chi connectivity index (χ1) is 9.66. The van der Waals surface area contributed by atoms with Gasteiger partial charge in [-0.05, 0) is 5.56 Å². The quantitative estimate of drug-likeness (QED) is 0.801. The molecule has 1 aromatic rings. The third-order valence-electron chi connectivity index (χ3n) is 3.80. The highest BCUT2D eigenvalue weighted by atomic mass is 16.5. The summed E-state index contributed by atoms with van der Waals surface area (Å²) in [7, 11) is 0. The van der Waals surface area contributed by atoms with E-state index in [4.69, 9.17) is 4.74 Å². The lowest BCUT2D eigenvalue weighted by Gasteiger charge is -2.20. The van der Waals surface area contributed by atoms with Crippen LogP contribution in [0.3, 0.4) is 0 Å². The molecule has 1 saturated heterocycles. The molecule has 0 radical (unpaired) electrons. The van der Waals surface area contributed by atoms with E-state index in [9.17, 15) is 14.7 Å². The van der Waals surface area contributed by atoms with Crippen molar-refractivity contribution in [3.8, 4) is 0 Å². The molecule has 0 unspecified atom stereocenters. The van der Waals surface area contributed by atoms with Crippen molar-refractivity contribution in [2.24, 2.45) is 11.8 Å². The van der Waals surface area contributed by atoms with Gasteiger partial charge in [0.2, 0.25) is 5.91 Å². The molecule has 104 valence electrons. The normalized spacial score (nSPS) is 30.4. The number of hydrogen-bond acceptors (Lipinski definition) is 3. The summed E-state index contributed by atoms with van der Waals surface area (Å²) in [5, 5.41) is 12.0. The maximum atomic E-state index is 12.2. The SMILES string of the molecule is O=C(O)[C@@H]1[C@H](C(=O)NCc2ccccc2)[C@@H]2C=C[C@@H]1O2. The van der Waals surface area contributed by atoms with E-state index in [2.05, 4.69) is 5.32 Å². The summed E-state index contributed by atoms with van der Waals surface area (Å²) in [4.78, 5) is 23.5. The van der Waals surface area contributed by atoms with Crippen LogP contribution in [0.25, 0.3) is 0 Å². The number of ether oxygens (including phenoxy) is 1. The molecule has 1 aromatic carbocycles. The number of hydrogen-bond donors (Lipinski definition) is 2. The summed E-state index contributed by atoms with van der Waals surface area (Å²) in [6.45, 7) is 0.392. The van der Waals surface area contributed by atoms with Gasteiger partial charge < -0.3 is 15.2 Å². The lowest BCUT2D eigenvalue weighted by Crippen LogP contribution is -2.42. The molecule has 5 heteroatoms. The Morgan fingerprint density at radius 1 is 1.10 bits per heavy atom. The molecule has 0 aromatic heterocycles. The van der Waals surface area contributed by atoms with Gasteiger partial charge in [0.15, 0.2) is 0 Å². The number of nitrogens with one attached hydrogen (secondary N) is 1. The third kappa shape index (κ3) is 2.20. The van der Waals surface area contributed by atoms with E-state index in [-0.39, 0.29) is 5.91 Å². The van der Waals surface area contributed by atoms with Crippen molar-refractivity contribution in [3.63, 3.8) is 0 Å². The van der Waals surface area contributed by atoms with E-state index < -0.39 is 30.0 Å². The predicted molar refractivity (Wildman–Crippen MR) is 70.7 cm³/mol. The highest BCUT2D eigenvalue weighted by molar-refractivity contribution is 5.87. The molecule has 2 aliphatic heterocycles. The monoisotopic (exact) mass is 273 g/mol. The van der Waals surface area contributed by atoms with Crippen LogP contribution >= 0.6 is 0 Å². The molecule has 5 nitrogen and oxygen atoms in total. The molecular formula is C15H15NO4. The lowest BCUT2D eigenvalue weighted by molar-refractivity contribution is -0.146. The van der Waals surface area contributed by atoms with Gasteiger partial charge >= 0.3 is 5.97 Å². The molecule has 0 aliphatic carbocycles. The minimum Gasteiger partial charge on any atom is -0.481 e. The third-order valence-corrected chi connectivity index (χ3v) is 3.80. The molecule has 0 spiro atoms. The predicted octanol–water partition coefficient (Wildman–Crippen LogP) is 0.957. The first kappa shape index (κ1) is 12.9. The summed E-state index contributed by atoms with van der Waals surface area (Å²) in [6, 6.07) is 9.51. The summed E-state index contributed by atoms with van der Waals surface area (Å²) in [5.41, 5.74) is 0.979. The molecule has 4 atom stereocenters. The number of fused-ring (bicyclic) bond motifs is 2. The van der Waals surface area contributed by atoms with Crippen molar-refractivity contribution in [2.45, 2.75) is 18.8 Å². The zero-order chi connectivity index (χ0) is 14.1. The Morgan fingerprint density at radius 3 is 2.40 bits per heavy atom. The van der Waals surface area contributed by atoms with Crippen molar-refractivity contribution in [1.29, 1.82) is 0 Å². The van der Waals surface area contributed by atoms with Crippen LogP contribution < -0.4 is 5.32 Å². The summed E-state index contributed by atoms with van der Waals surface area (Å²) in [6.07, 6.45) is 2.60. The fourth-order valence-corrected chi connectivity index (χ4v) is 2.82. The van der Waals surface area contributed by atoms with Crippen molar-refractivity contribution in [2.75, 3.05) is 0 Å². The molecule has 0 saturated carbocycles. The van der Waals surface area contributed by atoms with E-state index in [1.54, 1.807) is 12.2 Å². The fourth-order valence-electron chi connectivity index (χ4n) is 2.82. The van der Waals surface area contributed by atoms with Crippen LogP contribution in [-0.4, -0.2) is 29.2 Å². The van der Waals surface area contributed by atoms with Gasteiger partial charge in [-0.2, -0.15) is 0 Å². The first-order valence-corrected chi connectivity index (χ1v) is 6.55. The Morgan fingerprint density at radius 2 is 1.75 bits per heavy atom. The highest BCUT2D eigenvalue weighted by Gasteiger charge is 2.53. The van der Waals surface area contributed by atoms with Gasteiger partial charge in [-0.1, -0.05) is 42.5 Å². The zero-order valence-corrected chi connectivity index (χ0v) is 10.7. The Labute approximate surface area is 116 Å². The van der Waals surface area contributed by atoms with Gasteiger partial charge in [0, 0.05) is 6.54 Å². The highest BCUT2D eigenvalue weighted by Crippen LogP contribution is 2.39. The molecule has 2 bridgehead atoms. The Kier molecular flexibility index (Phi) is 3.28. The largest absolute Gasteiger partial charge is 0.481 e. The van der Waals surface area contributed by atoms with Crippen molar-refractivity contribution >= 4 is 11.9 Å². The minimum atomic E-state index is -0.985. The van der Waals surface area contributed by atoms with Crippen LogP contribution in [0.15, 0.2) is 42.5 Å². The van der Waals surface area contributed by atoms with E-state index in [1.165, 1.54) is 0 Å². The lowest BCUT2D eigenvalue weighted by atomic mass is 9.82. The summed E-state index contributed by atoms with van der Waals surface area (Å²) >= 11 is 0. The smallest absolute Gasteiger partial charge is 0.310 e. The second kappa shape index (κ2) is 5.09. The standard InChI is InChI=1S/C15H15NO4/c17-14(16-8-9-4-2-1-3-5-9)12-10-6-7-11(20-10)13(12)15(18)19/h1-7,10-13H,8H2,(H,16,17)(H,18,19)/t10-,11-,12+,13-/m0/s1. The number of carboxylic acids is 1. The maximum absolute atomic E-state index is 12.2. The second-order valence-electron chi connectivity index (χ2n) is 5.04. The number of carbonyl (C=O) groups is 2.